The molecule has 0 unspecified atom stereocenters. The summed E-state index contributed by atoms with van der Waals surface area (Å²) in [6, 6.07) is 2.64. The largest absolute Gasteiger partial charge is 0.508 e. The number of hydrogen-bond acceptors (Lipinski definition) is 6. The second-order valence-electron chi connectivity index (χ2n) is 6.07. The number of aliphatic hydroxyl groups excluding tert-OH is 1. The van der Waals surface area contributed by atoms with Crippen LogP contribution in [0.3, 0.4) is 0 Å². The van der Waals surface area contributed by atoms with Gasteiger partial charge in [-0.25, -0.2) is 4.79 Å². The first-order valence-electron chi connectivity index (χ1n) is 7.24. The lowest BCUT2D eigenvalue weighted by Crippen LogP contribution is -2.22. The van der Waals surface area contributed by atoms with Gasteiger partial charge >= 0.3 is 5.97 Å². The zero-order chi connectivity index (χ0) is 15.6. The predicted molar refractivity (Wildman–Crippen MR) is 74.2 cm³/mol. The van der Waals surface area contributed by atoms with Crippen LogP contribution in [0.2, 0.25) is 0 Å². The van der Waals surface area contributed by atoms with Crippen LogP contribution in [0.15, 0.2) is 23.8 Å². The number of phenols is 2. The van der Waals surface area contributed by atoms with Crippen molar-refractivity contribution in [1.29, 1.82) is 0 Å². The third-order valence-electron chi connectivity index (χ3n) is 4.81. The Balaban J connectivity index is 1.95. The molecule has 4 rings (SSSR count). The highest BCUT2D eigenvalue weighted by atomic mass is 16.7. The van der Waals surface area contributed by atoms with Crippen molar-refractivity contribution in [2.45, 2.75) is 43.7 Å². The van der Waals surface area contributed by atoms with Crippen molar-refractivity contribution in [3.05, 3.63) is 34.9 Å². The quantitative estimate of drug-likeness (QED) is 0.291. The summed E-state index contributed by atoms with van der Waals surface area (Å²) >= 11 is 0. The SMILES string of the molecule is C/C1=C/CC[C@]23O[C@H]2[C@H](OC3=O)c2c(O)ccc(O)c2[C@H]1O. The summed E-state index contributed by atoms with van der Waals surface area (Å²) in [6.45, 7) is 1.74. The van der Waals surface area contributed by atoms with Gasteiger partial charge in [0.1, 0.15) is 23.7 Å². The first-order chi connectivity index (χ1) is 10.5. The molecule has 2 fully saturated rings. The van der Waals surface area contributed by atoms with Crippen molar-refractivity contribution in [3.8, 4) is 11.5 Å². The molecule has 1 aliphatic carbocycles. The Kier molecular flexibility index (Phi) is 2.62. The number of carbonyl (C=O) groups is 1. The number of carbonyl (C=O) groups excluding carboxylic acids is 1. The number of ether oxygens (including phenoxy) is 2. The molecule has 0 saturated carbocycles. The van der Waals surface area contributed by atoms with E-state index in [2.05, 4.69) is 0 Å². The van der Waals surface area contributed by atoms with Crippen LogP contribution in [0.4, 0.5) is 0 Å². The number of esters is 1. The predicted octanol–water partition coefficient (Wildman–Crippen LogP) is 1.61. The normalized spacial score (nSPS) is 38.4. The summed E-state index contributed by atoms with van der Waals surface area (Å²) in [5, 5.41) is 30.9. The highest BCUT2D eigenvalue weighted by Crippen LogP contribution is 2.58. The molecule has 6 heteroatoms. The standard InChI is InChI=1S/C16H16O6/c1-7-3-2-6-16-14(22-16)13(21-15(16)20)11-9(18)5-4-8(17)10(11)12(7)19/h3-5,12-14,17-19H,2,6H2,1H3/b7-3-/t12-,13+,14-,16-/m0/s1. The van der Waals surface area contributed by atoms with Crippen LogP contribution in [0.25, 0.3) is 0 Å². The number of benzene rings is 1. The Labute approximate surface area is 126 Å². The van der Waals surface area contributed by atoms with Gasteiger partial charge in [0.05, 0.1) is 0 Å². The van der Waals surface area contributed by atoms with E-state index >= 15 is 0 Å². The molecule has 3 aliphatic rings. The molecule has 6 nitrogen and oxygen atoms in total. The lowest BCUT2D eigenvalue weighted by Gasteiger charge is -2.22. The van der Waals surface area contributed by atoms with E-state index in [0.29, 0.717) is 18.4 Å². The zero-order valence-corrected chi connectivity index (χ0v) is 11.9. The topological polar surface area (TPSA) is 99.5 Å². The van der Waals surface area contributed by atoms with Crippen LogP contribution in [0.5, 0.6) is 11.5 Å². The first-order valence-corrected chi connectivity index (χ1v) is 7.24. The number of aromatic hydroxyl groups is 2. The van der Waals surface area contributed by atoms with Crippen molar-refractivity contribution in [1.82, 2.24) is 0 Å². The summed E-state index contributed by atoms with van der Waals surface area (Å²) < 4.78 is 11.0. The van der Waals surface area contributed by atoms with Crippen molar-refractivity contribution < 1.29 is 29.6 Å². The summed E-state index contributed by atoms with van der Waals surface area (Å²) in [4.78, 5) is 12.1. The Hall–Kier alpha value is -2.05. The molecule has 116 valence electrons. The molecule has 1 aromatic rings. The van der Waals surface area contributed by atoms with Gasteiger partial charge in [0.25, 0.3) is 0 Å². The average molecular weight is 304 g/mol. The fourth-order valence-electron chi connectivity index (χ4n) is 3.51. The molecule has 3 N–H and O–H groups in total. The Bertz CT molecular complexity index is 709. The minimum Gasteiger partial charge on any atom is -0.508 e. The van der Waals surface area contributed by atoms with Gasteiger partial charge in [-0.1, -0.05) is 6.08 Å². The fourth-order valence-corrected chi connectivity index (χ4v) is 3.51. The molecule has 2 bridgehead atoms. The monoisotopic (exact) mass is 304 g/mol. The lowest BCUT2D eigenvalue weighted by molar-refractivity contribution is -0.154. The Morgan fingerprint density at radius 3 is 2.59 bits per heavy atom. The molecular weight excluding hydrogens is 288 g/mol. The molecular formula is C16H16O6. The molecule has 0 radical (unpaired) electrons. The van der Waals surface area contributed by atoms with Crippen molar-refractivity contribution in [2.24, 2.45) is 0 Å². The van der Waals surface area contributed by atoms with E-state index in [0.717, 1.165) is 0 Å². The second kappa shape index (κ2) is 4.24. The number of fused-ring (bicyclic) bond motifs is 2. The van der Waals surface area contributed by atoms with E-state index in [1.807, 2.05) is 6.08 Å². The Morgan fingerprint density at radius 2 is 1.91 bits per heavy atom. The molecule has 0 aromatic heterocycles. The van der Waals surface area contributed by atoms with Crippen LogP contribution in [0.1, 0.15) is 43.1 Å². The highest BCUT2D eigenvalue weighted by Gasteiger charge is 2.73. The van der Waals surface area contributed by atoms with Crippen LogP contribution >= 0.6 is 0 Å². The Morgan fingerprint density at radius 1 is 1.23 bits per heavy atom. The second-order valence-corrected chi connectivity index (χ2v) is 6.07. The molecule has 2 saturated heterocycles. The van der Waals surface area contributed by atoms with Gasteiger partial charge in [-0.3, -0.25) is 0 Å². The molecule has 2 aliphatic heterocycles. The maximum atomic E-state index is 12.1. The number of allylic oxidation sites excluding steroid dienone is 1. The number of epoxide rings is 1. The lowest BCUT2D eigenvalue weighted by atomic mass is 9.87. The summed E-state index contributed by atoms with van der Waals surface area (Å²) in [7, 11) is 0. The van der Waals surface area contributed by atoms with Gasteiger partial charge in [0.15, 0.2) is 11.7 Å². The highest BCUT2D eigenvalue weighted by molar-refractivity contribution is 5.87. The van der Waals surface area contributed by atoms with Crippen LogP contribution in [-0.4, -0.2) is 33.0 Å². The number of aliphatic hydroxyl groups is 1. The van der Waals surface area contributed by atoms with E-state index < -0.39 is 29.9 Å². The molecule has 22 heavy (non-hydrogen) atoms. The minimum absolute atomic E-state index is 0.135. The summed E-state index contributed by atoms with van der Waals surface area (Å²) in [6.07, 6.45) is 0.493. The molecule has 4 atom stereocenters. The number of phenolic OH excluding ortho intramolecular Hbond substituents is 2. The van der Waals surface area contributed by atoms with E-state index in [1.54, 1.807) is 6.92 Å². The van der Waals surface area contributed by atoms with Crippen molar-refractivity contribution in [3.63, 3.8) is 0 Å². The molecule has 2 heterocycles. The molecule has 0 spiro atoms. The van der Waals surface area contributed by atoms with Gasteiger partial charge in [-0.05, 0) is 37.5 Å². The van der Waals surface area contributed by atoms with Gasteiger partial charge in [0.2, 0.25) is 0 Å². The average Bonchev–Trinajstić information content (AvgIpc) is 3.15. The van der Waals surface area contributed by atoms with Gasteiger partial charge in [-0.2, -0.15) is 0 Å². The fraction of sp³-hybridized carbons (Fsp3) is 0.438. The summed E-state index contributed by atoms with van der Waals surface area (Å²) in [5.74, 6) is -0.731. The maximum Gasteiger partial charge on any atom is 0.342 e. The van der Waals surface area contributed by atoms with E-state index in [4.69, 9.17) is 9.47 Å². The van der Waals surface area contributed by atoms with Crippen LogP contribution in [0, 0.1) is 0 Å². The third kappa shape index (κ3) is 1.59. The smallest absolute Gasteiger partial charge is 0.342 e. The van der Waals surface area contributed by atoms with Crippen LogP contribution < -0.4 is 0 Å². The van der Waals surface area contributed by atoms with E-state index in [1.165, 1.54) is 12.1 Å². The van der Waals surface area contributed by atoms with Crippen molar-refractivity contribution >= 4 is 5.97 Å². The minimum atomic E-state index is -1.08. The molecule has 1 aromatic carbocycles. The van der Waals surface area contributed by atoms with Crippen molar-refractivity contribution in [2.75, 3.05) is 0 Å². The zero-order valence-electron chi connectivity index (χ0n) is 11.9. The number of hydrogen-bond donors (Lipinski definition) is 3. The summed E-state index contributed by atoms with van der Waals surface area (Å²) in [5.41, 5.74) is 0.0861. The van der Waals surface area contributed by atoms with Gasteiger partial charge in [-0.15, -0.1) is 0 Å². The maximum absolute atomic E-state index is 12.1. The third-order valence-corrected chi connectivity index (χ3v) is 4.81. The van der Waals surface area contributed by atoms with Gasteiger partial charge < -0.3 is 24.8 Å². The number of rotatable bonds is 0. The van der Waals surface area contributed by atoms with Gasteiger partial charge in [0, 0.05) is 11.1 Å². The van der Waals surface area contributed by atoms with E-state index in [9.17, 15) is 20.1 Å². The molecule has 0 amide bonds. The van der Waals surface area contributed by atoms with E-state index in [-0.39, 0.29) is 22.6 Å². The first kappa shape index (κ1) is 13.6. The van der Waals surface area contributed by atoms with Crippen LogP contribution in [-0.2, 0) is 14.3 Å².